The highest BCUT2D eigenvalue weighted by molar-refractivity contribution is 5.65. The standard InChI is InChI=1S/C30H34N6/c1-24-31-32-29-23-35(27-15-8-9-16-28(27)36(24)29)18-10-17-33-19-21-34(22-20-33)30(25-11-4-2-5-12-25)26-13-6-3-7-14-26/h2-9,11-16,30H,10,17-23H2,1H3. The number of fused-ring (bicyclic) bond motifs is 3. The molecule has 2 aliphatic heterocycles. The van der Waals surface area contributed by atoms with Crippen LogP contribution in [-0.2, 0) is 6.54 Å². The van der Waals surface area contributed by atoms with Crippen LogP contribution in [0.3, 0.4) is 0 Å². The van der Waals surface area contributed by atoms with Crippen LogP contribution in [0.5, 0.6) is 0 Å². The molecule has 4 aromatic rings. The van der Waals surface area contributed by atoms with E-state index in [1.54, 1.807) is 0 Å². The minimum Gasteiger partial charge on any atom is -0.362 e. The smallest absolute Gasteiger partial charge is 0.157 e. The van der Waals surface area contributed by atoms with E-state index in [-0.39, 0.29) is 0 Å². The van der Waals surface area contributed by atoms with Gasteiger partial charge in [-0.1, -0.05) is 72.8 Å². The van der Waals surface area contributed by atoms with E-state index in [2.05, 4.69) is 114 Å². The predicted octanol–water partition coefficient (Wildman–Crippen LogP) is 4.69. The van der Waals surface area contributed by atoms with Gasteiger partial charge in [-0.25, -0.2) is 0 Å². The molecule has 1 saturated heterocycles. The highest BCUT2D eigenvalue weighted by Crippen LogP contribution is 2.32. The molecule has 0 spiro atoms. The highest BCUT2D eigenvalue weighted by Gasteiger charge is 2.27. The maximum atomic E-state index is 4.43. The van der Waals surface area contributed by atoms with Gasteiger partial charge in [-0.2, -0.15) is 0 Å². The lowest BCUT2D eigenvalue weighted by atomic mass is 9.96. The summed E-state index contributed by atoms with van der Waals surface area (Å²) in [6.07, 6.45) is 1.14. The minimum absolute atomic E-state index is 0.320. The molecule has 0 radical (unpaired) electrons. The van der Waals surface area contributed by atoms with Crippen LogP contribution in [-0.4, -0.2) is 63.8 Å². The van der Waals surface area contributed by atoms with Gasteiger partial charge in [-0.15, -0.1) is 10.2 Å². The van der Waals surface area contributed by atoms with Crippen LogP contribution in [0, 0.1) is 6.92 Å². The number of hydrogen-bond acceptors (Lipinski definition) is 5. The Morgan fingerprint density at radius 2 is 1.31 bits per heavy atom. The molecule has 6 heteroatoms. The van der Waals surface area contributed by atoms with Gasteiger partial charge in [0.15, 0.2) is 5.82 Å². The van der Waals surface area contributed by atoms with Crippen molar-refractivity contribution in [2.24, 2.45) is 0 Å². The fourth-order valence-electron chi connectivity index (χ4n) is 5.81. The van der Waals surface area contributed by atoms with Crippen LogP contribution < -0.4 is 4.90 Å². The number of anilines is 1. The van der Waals surface area contributed by atoms with Crippen molar-refractivity contribution in [1.29, 1.82) is 0 Å². The van der Waals surface area contributed by atoms with E-state index in [1.165, 1.54) is 22.5 Å². The van der Waals surface area contributed by atoms with E-state index in [0.717, 1.165) is 63.9 Å². The predicted molar refractivity (Wildman–Crippen MR) is 145 cm³/mol. The lowest BCUT2D eigenvalue weighted by molar-refractivity contribution is 0.109. The zero-order valence-electron chi connectivity index (χ0n) is 21.0. The summed E-state index contributed by atoms with van der Waals surface area (Å²) in [4.78, 5) is 7.75. The van der Waals surface area contributed by atoms with Gasteiger partial charge in [0.2, 0.25) is 0 Å². The molecule has 0 aliphatic carbocycles. The van der Waals surface area contributed by atoms with Crippen molar-refractivity contribution in [2.75, 3.05) is 44.2 Å². The Bertz CT molecular complexity index is 1240. The topological polar surface area (TPSA) is 40.4 Å². The average Bonchev–Trinajstić information content (AvgIpc) is 3.31. The first-order valence-electron chi connectivity index (χ1n) is 13.1. The number of rotatable bonds is 7. The molecule has 36 heavy (non-hydrogen) atoms. The normalized spacial score (nSPS) is 16.2. The van der Waals surface area contributed by atoms with E-state index in [9.17, 15) is 0 Å². The van der Waals surface area contributed by atoms with Gasteiger partial charge in [0.25, 0.3) is 0 Å². The number of aryl methyl sites for hydroxylation is 1. The molecule has 0 atom stereocenters. The molecule has 1 fully saturated rings. The van der Waals surface area contributed by atoms with Gasteiger partial charge in [-0.05, 0) is 43.1 Å². The van der Waals surface area contributed by atoms with Gasteiger partial charge in [-0.3, -0.25) is 9.47 Å². The second kappa shape index (κ2) is 10.2. The largest absolute Gasteiger partial charge is 0.362 e. The number of nitrogens with zero attached hydrogens (tertiary/aromatic N) is 6. The number of para-hydroxylation sites is 2. The third-order valence-corrected chi connectivity index (χ3v) is 7.59. The summed E-state index contributed by atoms with van der Waals surface area (Å²) in [5.41, 5.74) is 5.24. The minimum atomic E-state index is 0.320. The fourth-order valence-corrected chi connectivity index (χ4v) is 5.81. The molecule has 3 heterocycles. The molecule has 3 aromatic carbocycles. The number of aromatic nitrogens is 3. The zero-order chi connectivity index (χ0) is 24.3. The molecule has 6 rings (SSSR count). The molecule has 2 aliphatic rings. The van der Waals surface area contributed by atoms with Crippen molar-refractivity contribution in [3.05, 3.63) is 108 Å². The highest BCUT2D eigenvalue weighted by atomic mass is 15.3. The van der Waals surface area contributed by atoms with Crippen LogP contribution in [0.25, 0.3) is 5.69 Å². The van der Waals surface area contributed by atoms with E-state index in [1.807, 2.05) is 6.92 Å². The monoisotopic (exact) mass is 478 g/mol. The molecular weight excluding hydrogens is 444 g/mol. The van der Waals surface area contributed by atoms with Crippen molar-refractivity contribution in [2.45, 2.75) is 25.9 Å². The Balaban J connectivity index is 1.07. The summed E-state index contributed by atoms with van der Waals surface area (Å²) < 4.78 is 2.20. The maximum absolute atomic E-state index is 4.43. The Labute approximate surface area is 213 Å². The summed E-state index contributed by atoms with van der Waals surface area (Å²) in [7, 11) is 0. The molecule has 1 aromatic heterocycles. The van der Waals surface area contributed by atoms with Gasteiger partial charge in [0.05, 0.1) is 24.0 Å². The Kier molecular flexibility index (Phi) is 6.53. The van der Waals surface area contributed by atoms with Gasteiger partial charge in [0, 0.05) is 32.7 Å². The van der Waals surface area contributed by atoms with Gasteiger partial charge >= 0.3 is 0 Å². The third-order valence-electron chi connectivity index (χ3n) is 7.59. The first-order chi connectivity index (χ1) is 17.8. The summed E-state index contributed by atoms with van der Waals surface area (Å²) in [5.74, 6) is 1.99. The Morgan fingerprint density at radius 3 is 1.97 bits per heavy atom. The molecule has 0 N–H and O–H groups in total. The first-order valence-corrected chi connectivity index (χ1v) is 13.1. The average molecular weight is 479 g/mol. The third kappa shape index (κ3) is 4.54. The quantitative estimate of drug-likeness (QED) is 0.385. The molecular formula is C30H34N6. The number of hydrogen-bond donors (Lipinski definition) is 0. The van der Waals surface area contributed by atoms with E-state index >= 15 is 0 Å². The number of benzene rings is 3. The van der Waals surface area contributed by atoms with Crippen LogP contribution in [0.1, 0.15) is 35.2 Å². The summed E-state index contributed by atoms with van der Waals surface area (Å²) in [6.45, 7) is 9.40. The maximum Gasteiger partial charge on any atom is 0.157 e. The summed E-state index contributed by atoms with van der Waals surface area (Å²) in [5, 5.41) is 8.76. The lowest BCUT2D eigenvalue weighted by Gasteiger charge is -2.40. The SMILES string of the molecule is Cc1nnc2n1-c1ccccc1N(CCCN1CCN(C(c3ccccc3)c3ccccc3)CC1)C2. The lowest BCUT2D eigenvalue weighted by Crippen LogP contribution is -2.48. The summed E-state index contributed by atoms with van der Waals surface area (Å²) in [6, 6.07) is 30.9. The second-order valence-electron chi connectivity index (χ2n) is 9.86. The first kappa shape index (κ1) is 23.0. The zero-order valence-corrected chi connectivity index (χ0v) is 21.0. The van der Waals surface area contributed by atoms with Crippen molar-refractivity contribution in [3.8, 4) is 5.69 Å². The molecule has 0 unspecified atom stereocenters. The van der Waals surface area contributed by atoms with Crippen LogP contribution in [0.4, 0.5) is 5.69 Å². The van der Waals surface area contributed by atoms with E-state index in [4.69, 9.17) is 0 Å². The number of piperazine rings is 1. The second-order valence-corrected chi connectivity index (χ2v) is 9.86. The molecule has 6 nitrogen and oxygen atoms in total. The molecule has 184 valence electrons. The van der Waals surface area contributed by atoms with Gasteiger partial charge in [0.1, 0.15) is 5.82 Å². The Morgan fingerprint density at radius 1 is 0.694 bits per heavy atom. The van der Waals surface area contributed by atoms with Crippen molar-refractivity contribution in [3.63, 3.8) is 0 Å². The molecule has 0 saturated carbocycles. The molecule has 0 amide bonds. The van der Waals surface area contributed by atoms with Crippen LogP contribution >= 0.6 is 0 Å². The van der Waals surface area contributed by atoms with Crippen LogP contribution in [0.2, 0.25) is 0 Å². The van der Waals surface area contributed by atoms with Crippen molar-refractivity contribution in [1.82, 2.24) is 24.6 Å². The van der Waals surface area contributed by atoms with E-state index < -0.39 is 0 Å². The fraction of sp³-hybridized carbons (Fsp3) is 0.333. The van der Waals surface area contributed by atoms with Crippen molar-refractivity contribution >= 4 is 5.69 Å². The summed E-state index contributed by atoms with van der Waals surface area (Å²) >= 11 is 0. The Hall–Kier alpha value is -3.48. The van der Waals surface area contributed by atoms with Crippen molar-refractivity contribution < 1.29 is 0 Å². The van der Waals surface area contributed by atoms with Gasteiger partial charge < -0.3 is 9.80 Å². The van der Waals surface area contributed by atoms with Crippen LogP contribution in [0.15, 0.2) is 84.9 Å². The molecule has 0 bridgehead atoms. The van der Waals surface area contributed by atoms with E-state index in [0.29, 0.717) is 6.04 Å².